The van der Waals surface area contributed by atoms with Crippen molar-refractivity contribution in [1.29, 1.82) is 0 Å². The molecule has 2 aliphatic rings. The van der Waals surface area contributed by atoms with E-state index in [9.17, 15) is 0 Å². The maximum atomic E-state index is 5.38. The maximum absolute atomic E-state index is 5.38. The lowest BCUT2D eigenvalue weighted by Crippen LogP contribution is -2.48. The van der Waals surface area contributed by atoms with E-state index < -0.39 is 0 Å². The number of nitrogens with zero attached hydrogens (tertiary/aromatic N) is 2. The number of halogens is 1. The summed E-state index contributed by atoms with van der Waals surface area (Å²) >= 11 is 2.10. The molecule has 1 unspecified atom stereocenters. The van der Waals surface area contributed by atoms with Gasteiger partial charge >= 0.3 is 0 Å². The monoisotopic (exact) mass is 435 g/mol. The van der Waals surface area contributed by atoms with Gasteiger partial charge in [0, 0.05) is 43.1 Å². The molecule has 2 heterocycles. The van der Waals surface area contributed by atoms with Crippen molar-refractivity contribution in [2.24, 2.45) is 4.99 Å². The lowest BCUT2D eigenvalue weighted by Gasteiger charge is -2.34. The number of thioether (sulfide) groups is 1. The molecule has 6 heteroatoms. The first-order valence-corrected chi connectivity index (χ1v) is 9.10. The number of aliphatic imine (C=N–C) groups is 1. The van der Waals surface area contributed by atoms with Crippen molar-refractivity contribution in [1.82, 2.24) is 10.2 Å². The average Bonchev–Trinajstić information content (AvgIpc) is 3.19. The molecule has 1 saturated heterocycles. The summed E-state index contributed by atoms with van der Waals surface area (Å²) in [5, 5.41) is 4.37. The van der Waals surface area contributed by atoms with Crippen LogP contribution in [-0.4, -0.2) is 47.5 Å². The highest BCUT2D eigenvalue weighted by Gasteiger charge is 2.27. The van der Waals surface area contributed by atoms with Gasteiger partial charge in [0.05, 0.1) is 6.26 Å². The summed E-state index contributed by atoms with van der Waals surface area (Å²) in [7, 11) is 0. The van der Waals surface area contributed by atoms with Gasteiger partial charge < -0.3 is 14.6 Å². The van der Waals surface area contributed by atoms with Gasteiger partial charge in [0.25, 0.3) is 0 Å². The Labute approximate surface area is 154 Å². The highest BCUT2D eigenvalue weighted by atomic mass is 127. The predicted molar refractivity (Wildman–Crippen MR) is 104 cm³/mol. The Morgan fingerprint density at radius 2 is 2.36 bits per heavy atom. The summed E-state index contributed by atoms with van der Waals surface area (Å²) in [4.78, 5) is 7.28. The SMILES string of the molecule is CCC1CN(C(=NCCc2ccco2)NC2CC2)CCS1.I. The van der Waals surface area contributed by atoms with Gasteiger partial charge in [-0.25, -0.2) is 0 Å². The normalized spacial score (nSPS) is 22.3. The van der Waals surface area contributed by atoms with Gasteiger partial charge in [-0.1, -0.05) is 6.92 Å². The second-order valence-corrected chi connectivity index (χ2v) is 7.21. The molecule has 1 aromatic rings. The molecule has 0 aromatic carbocycles. The lowest BCUT2D eigenvalue weighted by molar-refractivity contribution is 0.406. The van der Waals surface area contributed by atoms with Crippen LogP contribution < -0.4 is 5.32 Å². The molecule has 22 heavy (non-hydrogen) atoms. The number of guanidine groups is 1. The Morgan fingerprint density at radius 1 is 1.50 bits per heavy atom. The van der Waals surface area contributed by atoms with Crippen LogP contribution in [0, 0.1) is 0 Å². The average molecular weight is 435 g/mol. The molecule has 1 atom stereocenters. The Hall–Kier alpha value is -0.370. The number of furan rings is 1. The van der Waals surface area contributed by atoms with Crippen LogP contribution in [0.3, 0.4) is 0 Å². The molecule has 1 aliphatic carbocycles. The molecule has 1 saturated carbocycles. The Balaban J connectivity index is 0.00000176. The van der Waals surface area contributed by atoms with Crippen LogP contribution >= 0.6 is 35.7 Å². The zero-order chi connectivity index (χ0) is 14.5. The van der Waals surface area contributed by atoms with Crippen molar-refractivity contribution >= 4 is 41.7 Å². The minimum absolute atomic E-state index is 0. The van der Waals surface area contributed by atoms with Crippen molar-refractivity contribution in [3.8, 4) is 0 Å². The second-order valence-electron chi connectivity index (χ2n) is 5.80. The minimum atomic E-state index is 0. The van der Waals surface area contributed by atoms with Crippen LogP contribution in [0.25, 0.3) is 0 Å². The second kappa shape index (κ2) is 9.05. The van der Waals surface area contributed by atoms with Crippen LogP contribution in [0.2, 0.25) is 0 Å². The highest BCUT2D eigenvalue weighted by molar-refractivity contribution is 14.0. The van der Waals surface area contributed by atoms with Gasteiger partial charge in [0.2, 0.25) is 0 Å². The number of rotatable bonds is 5. The standard InChI is InChI=1S/C16H25N3OS.HI/c1-2-15-12-19(9-11-21-15)16(18-13-5-6-13)17-8-7-14-4-3-10-20-14;/h3-4,10,13,15H,2,5-9,11-12H2,1H3,(H,17,18);1H. The van der Waals surface area contributed by atoms with Gasteiger partial charge in [-0.15, -0.1) is 24.0 Å². The molecule has 1 N–H and O–H groups in total. The van der Waals surface area contributed by atoms with Crippen LogP contribution in [0.5, 0.6) is 0 Å². The quantitative estimate of drug-likeness (QED) is 0.438. The number of hydrogen-bond acceptors (Lipinski definition) is 3. The summed E-state index contributed by atoms with van der Waals surface area (Å²) in [6.45, 7) is 5.31. The molecular weight excluding hydrogens is 409 g/mol. The van der Waals surface area contributed by atoms with Gasteiger partial charge in [-0.3, -0.25) is 4.99 Å². The first-order valence-electron chi connectivity index (χ1n) is 8.05. The van der Waals surface area contributed by atoms with Crippen molar-refractivity contribution in [2.75, 3.05) is 25.4 Å². The molecule has 0 spiro atoms. The van der Waals surface area contributed by atoms with E-state index in [0.29, 0.717) is 6.04 Å². The predicted octanol–water partition coefficient (Wildman–Crippen LogP) is 3.38. The van der Waals surface area contributed by atoms with Crippen molar-refractivity contribution in [3.63, 3.8) is 0 Å². The molecule has 1 aromatic heterocycles. The van der Waals surface area contributed by atoms with Gasteiger partial charge in [-0.2, -0.15) is 11.8 Å². The van der Waals surface area contributed by atoms with E-state index in [0.717, 1.165) is 43.0 Å². The van der Waals surface area contributed by atoms with Crippen molar-refractivity contribution in [3.05, 3.63) is 24.2 Å². The maximum Gasteiger partial charge on any atom is 0.194 e. The van der Waals surface area contributed by atoms with Gasteiger partial charge in [-0.05, 0) is 31.4 Å². The fourth-order valence-corrected chi connectivity index (χ4v) is 3.71. The molecule has 0 radical (unpaired) electrons. The van der Waals surface area contributed by atoms with Crippen LogP contribution in [0.1, 0.15) is 31.9 Å². The summed E-state index contributed by atoms with van der Waals surface area (Å²) in [5.41, 5.74) is 0. The van der Waals surface area contributed by atoms with Crippen LogP contribution in [0.4, 0.5) is 0 Å². The molecule has 3 rings (SSSR count). The summed E-state index contributed by atoms with van der Waals surface area (Å²) in [5.74, 6) is 3.34. The third-order valence-corrected chi connectivity index (χ3v) is 5.38. The topological polar surface area (TPSA) is 40.8 Å². The largest absolute Gasteiger partial charge is 0.469 e. The zero-order valence-corrected chi connectivity index (χ0v) is 16.3. The number of nitrogens with one attached hydrogen (secondary N) is 1. The molecule has 0 bridgehead atoms. The van der Waals surface area contributed by atoms with Crippen molar-refractivity contribution in [2.45, 2.75) is 43.9 Å². The molecule has 124 valence electrons. The van der Waals surface area contributed by atoms with E-state index in [1.165, 1.54) is 25.0 Å². The fraction of sp³-hybridized carbons (Fsp3) is 0.688. The number of hydrogen-bond donors (Lipinski definition) is 1. The molecule has 4 nitrogen and oxygen atoms in total. The molecular formula is C16H26IN3OS. The Morgan fingerprint density at radius 3 is 3.05 bits per heavy atom. The van der Waals surface area contributed by atoms with E-state index in [-0.39, 0.29) is 24.0 Å². The Kier molecular flexibility index (Phi) is 7.40. The Bertz CT molecular complexity index is 462. The molecule has 2 fully saturated rings. The van der Waals surface area contributed by atoms with E-state index in [1.54, 1.807) is 6.26 Å². The summed E-state index contributed by atoms with van der Waals surface area (Å²) in [6, 6.07) is 4.62. The first-order chi connectivity index (χ1) is 10.3. The highest BCUT2D eigenvalue weighted by Crippen LogP contribution is 2.23. The fourth-order valence-electron chi connectivity index (χ4n) is 2.53. The third-order valence-electron chi connectivity index (χ3n) is 4.00. The zero-order valence-electron chi connectivity index (χ0n) is 13.2. The van der Waals surface area contributed by atoms with Crippen molar-refractivity contribution < 1.29 is 4.42 Å². The third kappa shape index (κ3) is 5.37. The lowest BCUT2D eigenvalue weighted by atomic mass is 10.3. The van der Waals surface area contributed by atoms with Crippen LogP contribution in [0.15, 0.2) is 27.8 Å². The van der Waals surface area contributed by atoms with E-state index in [1.807, 2.05) is 12.1 Å². The smallest absolute Gasteiger partial charge is 0.194 e. The molecule has 0 amide bonds. The summed E-state index contributed by atoms with van der Waals surface area (Å²) in [6.07, 6.45) is 6.43. The summed E-state index contributed by atoms with van der Waals surface area (Å²) < 4.78 is 5.38. The van der Waals surface area contributed by atoms with Gasteiger partial charge in [0.1, 0.15) is 5.76 Å². The van der Waals surface area contributed by atoms with E-state index in [4.69, 9.17) is 9.41 Å². The van der Waals surface area contributed by atoms with Crippen LogP contribution in [-0.2, 0) is 6.42 Å². The van der Waals surface area contributed by atoms with Gasteiger partial charge in [0.15, 0.2) is 5.96 Å². The van der Waals surface area contributed by atoms with E-state index in [2.05, 4.69) is 28.9 Å². The van der Waals surface area contributed by atoms with E-state index >= 15 is 0 Å². The molecule has 1 aliphatic heterocycles. The minimum Gasteiger partial charge on any atom is -0.469 e. The first kappa shape index (κ1) is 18.0.